The third-order valence-corrected chi connectivity index (χ3v) is 6.55. The van der Waals surface area contributed by atoms with Gasteiger partial charge in [0, 0.05) is 0 Å². The van der Waals surface area contributed by atoms with Crippen LogP contribution in [0.4, 0.5) is 0 Å². The van der Waals surface area contributed by atoms with Crippen LogP contribution in [0.5, 0.6) is 0 Å². The Bertz CT molecular complexity index is 1230. The van der Waals surface area contributed by atoms with E-state index >= 15 is 0 Å². The number of fused-ring (bicyclic) bond motifs is 1. The van der Waals surface area contributed by atoms with Crippen molar-refractivity contribution in [2.45, 2.75) is 63.9 Å². The summed E-state index contributed by atoms with van der Waals surface area (Å²) in [4.78, 5) is 13.1. The van der Waals surface area contributed by atoms with Crippen molar-refractivity contribution in [1.29, 1.82) is 0 Å². The van der Waals surface area contributed by atoms with Gasteiger partial charge in [0.1, 0.15) is 24.9 Å². The van der Waals surface area contributed by atoms with E-state index in [1.54, 1.807) is 6.08 Å². The fourth-order valence-electron chi connectivity index (χ4n) is 4.68. The predicted octanol–water partition coefficient (Wildman–Crippen LogP) is 5.33. The third-order valence-electron chi connectivity index (χ3n) is 6.55. The minimum atomic E-state index is -0.855. The molecule has 0 bridgehead atoms. The molecule has 3 aromatic carbocycles. The quantitative estimate of drug-likeness (QED) is 0.310. The molecule has 1 saturated heterocycles. The van der Waals surface area contributed by atoms with Crippen LogP contribution in [0.15, 0.2) is 103 Å². The zero-order valence-corrected chi connectivity index (χ0v) is 22.2. The fourth-order valence-corrected chi connectivity index (χ4v) is 4.68. The van der Waals surface area contributed by atoms with Crippen molar-refractivity contribution >= 4 is 5.97 Å². The summed E-state index contributed by atoms with van der Waals surface area (Å²) in [5.41, 5.74) is 2.95. The molecule has 0 saturated carbocycles. The molecule has 0 radical (unpaired) electrons. The number of hydrogen-bond donors (Lipinski definition) is 0. The van der Waals surface area contributed by atoms with Crippen LogP contribution in [0.3, 0.4) is 0 Å². The molecule has 0 N–H and O–H groups in total. The topological polar surface area (TPSA) is 72.5 Å². The molecule has 0 aliphatic carbocycles. The molecule has 204 valence electrons. The number of ether oxygens (including phenoxy) is 6. The summed E-state index contributed by atoms with van der Waals surface area (Å²) in [6.45, 7) is 4.81. The highest BCUT2D eigenvalue weighted by molar-refractivity contribution is 5.86. The van der Waals surface area contributed by atoms with Gasteiger partial charge >= 0.3 is 5.97 Å². The SMILES string of the molecule is CC1(C)OC2C([C@H](COCc3ccccc3)OCc3ccccc3)OC(C(=O)OCc3ccccc3)=C[C@H]2O1. The van der Waals surface area contributed by atoms with E-state index < -0.39 is 36.2 Å². The smallest absolute Gasteiger partial charge is 0.373 e. The molecule has 0 spiro atoms. The molecule has 5 rings (SSSR count). The van der Waals surface area contributed by atoms with E-state index in [0.29, 0.717) is 13.2 Å². The second-order valence-corrected chi connectivity index (χ2v) is 10.1. The Balaban J connectivity index is 1.33. The first-order chi connectivity index (χ1) is 19.0. The summed E-state index contributed by atoms with van der Waals surface area (Å²) in [6.07, 6.45) is -0.575. The number of carbonyl (C=O) groups is 1. The van der Waals surface area contributed by atoms with E-state index in [2.05, 4.69) is 0 Å². The molecular weight excluding hydrogens is 496 g/mol. The first-order valence-corrected chi connectivity index (χ1v) is 13.2. The molecule has 3 aromatic rings. The number of esters is 1. The average Bonchev–Trinajstić information content (AvgIpc) is 3.28. The predicted molar refractivity (Wildman–Crippen MR) is 144 cm³/mol. The number of rotatable bonds is 11. The van der Waals surface area contributed by atoms with Gasteiger partial charge in [-0.1, -0.05) is 91.0 Å². The first-order valence-electron chi connectivity index (χ1n) is 13.2. The van der Waals surface area contributed by atoms with E-state index in [1.165, 1.54) is 0 Å². The van der Waals surface area contributed by atoms with Gasteiger partial charge in [-0.15, -0.1) is 0 Å². The first kappa shape index (κ1) is 27.1. The van der Waals surface area contributed by atoms with Gasteiger partial charge in [0.25, 0.3) is 0 Å². The maximum absolute atomic E-state index is 13.1. The Morgan fingerprint density at radius 1 is 0.795 bits per heavy atom. The van der Waals surface area contributed by atoms with Crippen molar-refractivity contribution in [3.63, 3.8) is 0 Å². The van der Waals surface area contributed by atoms with E-state index in [9.17, 15) is 4.79 Å². The van der Waals surface area contributed by atoms with Crippen LogP contribution in [0.25, 0.3) is 0 Å². The Kier molecular flexibility index (Phi) is 8.74. The van der Waals surface area contributed by atoms with Crippen LogP contribution >= 0.6 is 0 Å². The minimum absolute atomic E-state index is 0.0786. The average molecular weight is 531 g/mol. The number of hydrogen-bond acceptors (Lipinski definition) is 7. The maximum Gasteiger partial charge on any atom is 0.373 e. The van der Waals surface area contributed by atoms with Crippen LogP contribution in [-0.2, 0) is 53.0 Å². The highest BCUT2D eigenvalue weighted by Crippen LogP contribution is 2.38. The van der Waals surface area contributed by atoms with Gasteiger partial charge in [-0.2, -0.15) is 0 Å². The summed E-state index contributed by atoms with van der Waals surface area (Å²) in [5, 5.41) is 0. The van der Waals surface area contributed by atoms with E-state index in [1.807, 2.05) is 105 Å². The molecule has 2 unspecified atom stereocenters. The summed E-state index contributed by atoms with van der Waals surface area (Å²) in [5.74, 6) is -1.34. The van der Waals surface area contributed by atoms with Crippen molar-refractivity contribution in [2.24, 2.45) is 0 Å². The molecule has 2 heterocycles. The standard InChI is InChI=1S/C32H34O7/c1-32(2)38-26-18-27(31(33)36-21-25-16-10-5-11-17-25)37-29(30(26)39-32)28(35-20-24-14-8-4-9-15-24)22-34-19-23-12-6-3-7-13-23/h3-18,26,28-30H,19-22H2,1-2H3/t26-,28+,29?,30?/m1/s1. The zero-order valence-electron chi connectivity index (χ0n) is 22.2. The van der Waals surface area contributed by atoms with Crippen LogP contribution in [-0.4, -0.2) is 42.8 Å². The van der Waals surface area contributed by atoms with E-state index in [4.69, 9.17) is 28.4 Å². The zero-order chi connectivity index (χ0) is 27.1. The molecular formula is C32H34O7. The van der Waals surface area contributed by atoms with Gasteiger partial charge in [0.05, 0.1) is 19.8 Å². The minimum Gasteiger partial charge on any atom is -0.478 e. The van der Waals surface area contributed by atoms with Gasteiger partial charge in [0.15, 0.2) is 11.9 Å². The molecule has 39 heavy (non-hydrogen) atoms. The monoisotopic (exact) mass is 530 g/mol. The van der Waals surface area contributed by atoms with Crippen LogP contribution in [0, 0.1) is 0 Å². The van der Waals surface area contributed by atoms with Crippen LogP contribution < -0.4 is 0 Å². The molecule has 7 nitrogen and oxygen atoms in total. The van der Waals surface area contributed by atoms with Crippen molar-refractivity contribution in [3.8, 4) is 0 Å². The Morgan fingerprint density at radius 3 is 1.97 bits per heavy atom. The molecule has 0 amide bonds. The lowest BCUT2D eigenvalue weighted by Gasteiger charge is -2.36. The third kappa shape index (κ3) is 7.34. The molecule has 7 heteroatoms. The fraction of sp³-hybridized carbons (Fsp3) is 0.344. The van der Waals surface area contributed by atoms with Crippen molar-refractivity contribution in [1.82, 2.24) is 0 Å². The lowest BCUT2D eigenvalue weighted by Crippen LogP contribution is -2.50. The molecule has 1 fully saturated rings. The highest BCUT2D eigenvalue weighted by Gasteiger charge is 2.51. The Hall–Kier alpha value is -3.49. The normalized spacial score (nSPS) is 22.3. The van der Waals surface area contributed by atoms with Gasteiger partial charge in [-0.05, 0) is 36.6 Å². The summed E-state index contributed by atoms with van der Waals surface area (Å²) in [7, 11) is 0. The van der Waals surface area contributed by atoms with Gasteiger partial charge < -0.3 is 28.4 Å². The Morgan fingerprint density at radius 2 is 1.36 bits per heavy atom. The van der Waals surface area contributed by atoms with E-state index in [0.717, 1.165) is 16.7 Å². The Labute approximate surface area is 229 Å². The highest BCUT2D eigenvalue weighted by atomic mass is 16.8. The molecule has 4 atom stereocenters. The summed E-state index contributed by atoms with van der Waals surface area (Å²) in [6, 6.07) is 29.3. The summed E-state index contributed by atoms with van der Waals surface area (Å²) >= 11 is 0. The second kappa shape index (κ2) is 12.6. The van der Waals surface area contributed by atoms with Gasteiger partial charge in [-0.3, -0.25) is 0 Å². The van der Waals surface area contributed by atoms with Gasteiger partial charge in [0.2, 0.25) is 5.76 Å². The largest absolute Gasteiger partial charge is 0.478 e. The molecule has 0 aromatic heterocycles. The number of carbonyl (C=O) groups excluding carboxylic acids is 1. The lowest BCUT2D eigenvalue weighted by atomic mass is 9.99. The molecule has 2 aliphatic heterocycles. The van der Waals surface area contributed by atoms with Crippen molar-refractivity contribution in [3.05, 3.63) is 120 Å². The molecule has 2 aliphatic rings. The van der Waals surface area contributed by atoms with Crippen LogP contribution in [0.2, 0.25) is 0 Å². The summed E-state index contributed by atoms with van der Waals surface area (Å²) < 4.78 is 36.7. The second-order valence-electron chi connectivity index (χ2n) is 10.1. The van der Waals surface area contributed by atoms with Crippen LogP contribution in [0.1, 0.15) is 30.5 Å². The van der Waals surface area contributed by atoms with Crippen molar-refractivity contribution in [2.75, 3.05) is 6.61 Å². The van der Waals surface area contributed by atoms with Gasteiger partial charge in [-0.25, -0.2) is 4.79 Å². The maximum atomic E-state index is 13.1. The van der Waals surface area contributed by atoms with E-state index in [-0.39, 0.29) is 19.0 Å². The lowest BCUT2D eigenvalue weighted by molar-refractivity contribution is -0.180. The van der Waals surface area contributed by atoms with Crippen molar-refractivity contribution < 1.29 is 33.2 Å². The number of benzene rings is 3.